The number of benzene rings is 1. The summed E-state index contributed by atoms with van der Waals surface area (Å²) in [6, 6.07) is 6.82. The van der Waals surface area contributed by atoms with Gasteiger partial charge in [0, 0.05) is 11.3 Å². The minimum atomic E-state index is -1.90. The Morgan fingerprint density at radius 3 is 2.20 bits per heavy atom. The zero-order chi connectivity index (χ0) is 43.7. The summed E-state index contributed by atoms with van der Waals surface area (Å²) in [5, 5.41) is 70.7. The van der Waals surface area contributed by atoms with Gasteiger partial charge in [0.25, 0.3) is 0 Å². The monoisotopic (exact) mass is 827 g/mol. The van der Waals surface area contributed by atoms with E-state index in [4.69, 9.17) is 14.2 Å². The second-order valence-electron chi connectivity index (χ2n) is 20.6. The van der Waals surface area contributed by atoms with Gasteiger partial charge in [-0.05, 0) is 106 Å². The fraction of sp³-hybridized carbons (Fsp3) is 0.761. The van der Waals surface area contributed by atoms with Crippen LogP contribution in [0.2, 0.25) is 0 Å². The average molecular weight is 828 g/mol. The van der Waals surface area contributed by atoms with Crippen molar-refractivity contribution in [1.29, 1.82) is 0 Å². The molecule has 0 radical (unpaired) electrons. The lowest BCUT2D eigenvalue weighted by atomic mass is 9.42. The van der Waals surface area contributed by atoms with Gasteiger partial charge in [-0.1, -0.05) is 76.1 Å². The van der Waals surface area contributed by atoms with Crippen LogP contribution in [-0.4, -0.2) is 104 Å². The maximum Gasteiger partial charge on any atom is 0.331 e. The Morgan fingerprint density at radius 2 is 1.59 bits per heavy atom. The van der Waals surface area contributed by atoms with Gasteiger partial charge < -0.3 is 50.2 Å². The van der Waals surface area contributed by atoms with Crippen LogP contribution in [0.4, 0.5) is 0 Å². The number of carbonyl (C=O) groups excluding carboxylic acids is 3. The Labute approximate surface area is 348 Å². The van der Waals surface area contributed by atoms with E-state index in [1.807, 2.05) is 13.8 Å². The maximum absolute atomic E-state index is 13.6. The van der Waals surface area contributed by atoms with Crippen molar-refractivity contribution in [2.24, 2.45) is 39.4 Å². The van der Waals surface area contributed by atoms with Gasteiger partial charge in [0.05, 0.1) is 49.5 Å². The number of amides is 1. The minimum Gasteiger partial charge on any atom is -0.467 e. The van der Waals surface area contributed by atoms with Gasteiger partial charge in [-0.25, -0.2) is 4.79 Å². The predicted octanol–water partition coefficient (Wildman–Crippen LogP) is 4.40. The summed E-state index contributed by atoms with van der Waals surface area (Å²) < 4.78 is 16.9. The van der Waals surface area contributed by atoms with Crippen LogP contribution in [0.5, 0.6) is 0 Å². The van der Waals surface area contributed by atoms with E-state index in [-0.39, 0.29) is 23.2 Å². The number of allylic oxidation sites excluding steroid dienone is 1. The fourth-order valence-corrected chi connectivity index (χ4v) is 12.8. The molecule has 5 aliphatic rings. The summed E-state index contributed by atoms with van der Waals surface area (Å²) in [5.74, 6) is -2.65. The molecule has 4 aliphatic carbocycles. The molecule has 1 aromatic rings. The second-order valence-corrected chi connectivity index (χ2v) is 20.6. The van der Waals surface area contributed by atoms with Crippen molar-refractivity contribution in [2.75, 3.05) is 7.11 Å². The predicted molar refractivity (Wildman–Crippen MR) is 217 cm³/mol. The highest BCUT2D eigenvalue weighted by Crippen LogP contribution is 2.73. The number of aliphatic hydroxyl groups excluding tert-OH is 4. The molecule has 13 nitrogen and oxygen atoms in total. The third kappa shape index (κ3) is 8.03. The average Bonchev–Trinajstić information content (AvgIpc) is 3.43. The SMILES string of the molecule is COC(=O)[C@H](NC(=O)C[C@@](C)(O)CC(=O)O[C@@H]1C[C@]2(C)C3=C(CC[C@H]2C(C)(C)[C@H]1O)[C@]1(C)CC[C@H]([C@H]2CC[C@H](C(C)(C)O)O[C@@H]2O)[C@@]1(C)[C@@H](O)C3)[C@H](O)c1ccccc1. The molecule has 1 heterocycles. The molecule has 13 heteroatoms. The first-order chi connectivity index (χ1) is 27.3. The third-order valence-corrected chi connectivity index (χ3v) is 16.1. The molecule has 1 amide bonds. The summed E-state index contributed by atoms with van der Waals surface area (Å²) in [6.45, 7) is 15.3. The molecule has 59 heavy (non-hydrogen) atoms. The molecule has 3 fully saturated rings. The van der Waals surface area contributed by atoms with Gasteiger partial charge in [-0.15, -0.1) is 0 Å². The number of hydrogen-bond donors (Lipinski definition) is 7. The first-order valence-corrected chi connectivity index (χ1v) is 21.5. The number of carbonyl (C=O) groups is 3. The second kappa shape index (κ2) is 16.1. The summed E-state index contributed by atoms with van der Waals surface area (Å²) >= 11 is 0. The van der Waals surface area contributed by atoms with E-state index in [0.717, 1.165) is 38.4 Å². The summed E-state index contributed by atoms with van der Waals surface area (Å²) in [7, 11) is 1.13. The van der Waals surface area contributed by atoms with Crippen molar-refractivity contribution >= 4 is 17.8 Å². The van der Waals surface area contributed by atoms with Crippen molar-refractivity contribution in [3.63, 3.8) is 0 Å². The molecular weight excluding hydrogens is 759 g/mol. The summed E-state index contributed by atoms with van der Waals surface area (Å²) in [5.41, 5.74) is -2.27. The maximum atomic E-state index is 13.6. The lowest BCUT2D eigenvalue weighted by molar-refractivity contribution is -0.251. The molecule has 0 bridgehead atoms. The number of esters is 2. The van der Waals surface area contributed by atoms with E-state index < -0.39 is 101 Å². The van der Waals surface area contributed by atoms with E-state index in [1.165, 1.54) is 12.5 Å². The van der Waals surface area contributed by atoms with E-state index in [9.17, 15) is 45.0 Å². The standard InChI is InChI=1S/C46H69NO12/c1-41(2)31-17-16-28-29(21-32(48)46(8)27(19-20-45(28,46)7)26-15-18-33(42(3,4)55)59-39(26)53)44(31,6)22-30(38(41)52)58-35(50)24-43(5,56)23-34(49)47-36(40(54)57-9)37(51)25-13-11-10-12-14-25/h10-14,26-27,30-33,36-39,48,51-53,55-56H,15-24H2,1-9H3,(H,47,49)/t26-,27-,30-,31+,32+,33-,36-,37-,38+,39+,43-,44-,45+,46+/m1/s1. The van der Waals surface area contributed by atoms with Crippen LogP contribution in [0.1, 0.15) is 131 Å². The molecule has 330 valence electrons. The van der Waals surface area contributed by atoms with Gasteiger partial charge in [-0.2, -0.15) is 0 Å². The lowest BCUT2D eigenvalue weighted by Crippen LogP contribution is -2.62. The number of methoxy groups -OCH3 is 1. The number of rotatable bonds is 11. The lowest BCUT2D eigenvalue weighted by Gasteiger charge is -2.64. The molecule has 7 N–H and O–H groups in total. The quantitative estimate of drug-likeness (QED) is 0.122. The Hall–Kier alpha value is -2.91. The van der Waals surface area contributed by atoms with Crippen LogP contribution in [0, 0.1) is 39.4 Å². The van der Waals surface area contributed by atoms with Gasteiger partial charge >= 0.3 is 11.9 Å². The molecule has 6 rings (SSSR count). The topological polar surface area (TPSA) is 212 Å². The van der Waals surface area contributed by atoms with E-state index >= 15 is 0 Å². The van der Waals surface area contributed by atoms with Gasteiger partial charge in [0.1, 0.15) is 12.2 Å². The van der Waals surface area contributed by atoms with Gasteiger partial charge in [0.15, 0.2) is 12.3 Å². The minimum absolute atomic E-state index is 0.00619. The largest absolute Gasteiger partial charge is 0.467 e. The van der Waals surface area contributed by atoms with Crippen molar-refractivity contribution in [1.82, 2.24) is 5.32 Å². The highest BCUT2D eigenvalue weighted by molar-refractivity contribution is 5.86. The van der Waals surface area contributed by atoms with Crippen LogP contribution in [-0.2, 0) is 28.6 Å². The smallest absolute Gasteiger partial charge is 0.331 e. The molecule has 0 aromatic heterocycles. The van der Waals surface area contributed by atoms with Crippen molar-refractivity contribution in [3.8, 4) is 0 Å². The van der Waals surface area contributed by atoms with Gasteiger partial charge in [0.2, 0.25) is 5.91 Å². The first-order valence-electron chi connectivity index (χ1n) is 21.5. The normalized spacial score (nSPS) is 38.8. The van der Waals surface area contributed by atoms with E-state index in [1.54, 1.807) is 44.2 Å². The zero-order valence-electron chi connectivity index (χ0n) is 36.4. The van der Waals surface area contributed by atoms with Crippen LogP contribution in [0.3, 0.4) is 0 Å². The number of nitrogens with one attached hydrogen (secondary N) is 1. The van der Waals surface area contributed by atoms with Crippen LogP contribution < -0.4 is 5.32 Å². The highest BCUT2D eigenvalue weighted by Gasteiger charge is 2.68. The van der Waals surface area contributed by atoms with E-state index in [0.29, 0.717) is 31.2 Å². The highest BCUT2D eigenvalue weighted by atomic mass is 16.6. The van der Waals surface area contributed by atoms with Crippen LogP contribution >= 0.6 is 0 Å². The summed E-state index contributed by atoms with van der Waals surface area (Å²) in [4.78, 5) is 39.4. The molecule has 1 aromatic carbocycles. The summed E-state index contributed by atoms with van der Waals surface area (Å²) in [6.07, 6.45) is -1.48. The Morgan fingerprint density at radius 1 is 0.932 bits per heavy atom. The first kappa shape index (κ1) is 45.6. The van der Waals surface area contributed by atoms with Crippen LogP contribution in [0.15, 0.2) is 41.5 Å². The molecule has 0 unspecified atom stereocenters. The Kier molecular flexibility index (Phi) is 12.4. The molecule has 1 aliphatic heterocycles. The molecule has 14 atom stereocenters. The van der Waals surface area contributed by atoms with Crippen LogP contribution in [0.25, 0.3) is 0 Å². The number of aliphatic hydroxyl groups is 6. The zero-order valence-corrected chi connectivity index (χ0v) is 36.4. The van der Waals surface area contributed by atoms with Crippen molar-refractivity contribution in [2.45, 2.75) is 174 Å². The third-order valence-electron chi connectivity index (χ3n) is 16.1. The van der Waals surface area contributed by atoms with Crippen molar-refractivity contribution in [3.05, 3.63) is 47.0 Å². The molecule has 0 spiro atoms. The Balaban J connectivity index is 1.18. The van der Waals surface area contributed by atoms with E-state index in [2.05, 4.69) is 26.1 Å². The number of fused-ring (bicyclic) bond motifs is 4. The fourth-order valence-electron chi connectivity index (χ4n) is 12.8. The molecular formula is C46H69NO12. The molecule has 1 saturated heterocycles. The molecule has 2 saturated carbocycles. The van der Waals surface area contributed by atoms with Gasteiger partial charge in [-0.3, -0.25) is 9.59 Å². The van der Waals surface area contributed by atoms with Crippen molar-refractivity contribution < 1.29 is 59.2 Å². The number of hydrogen-bond acceptors (Lipinski definition) is 12. The Bertz CT molecular complexity index is 1770. The number of ether oxygens (including phenoxy) is 3.